The summed E-state index contributed by atoms with van der Waals surface area (Å²) in [4.78, 5) is 27.5. The number of hydrogen-bond donors (Lipinski definition) is 5. The molecule has 0 amide bonds. The summed E-state index contributed by atoms with van der Waals surface area (Å²) in [6.07, 6.45) is -5.04. The molecule has 1 aromatic heterocycles. The zero-order chi connectivity index (χ0) is 18.0. The van der Waals surface area contributed by atoms with Gasteiger partial charge in [-0.3, -0.25) is 14.2 Å². The number of ether oxygens (including phenoxy) is 1. The molecule has 10 nitrogen and oxygen atoms in total. The molecule has 0 saturated carbocycles. The van der Waals surface area contributed by atoms with Crippen molar-refractivity contribution in [2.75, 3.05) is 18.2 Å². The summed E-state index contributed by atoms with van der Waals surface area (Å²) in [7, 11) is 1.46. The Morgan fingerprint density at radius 3 is 2.54 bits per heavy atom. The van der Waals surface area contributed by atoms with Crippen LogP contribution in [0.4, 0.5) is 5.82 Å². The standard InChI is InChI=1S/C13H19N3O7S/c1-16-12(22)5(3-17)10(15-13(16)24-2)14-11-9(21)8(20)7(19)6(4-18)23-11/h3,6-9,11,14,18-21H,4H2,1-2H3. The van der Waals surface area contributed by atoms with Gasteiger partial charge in [0, 0.05) is 7.05 Å². The van der Waals surface area contributed by atoms with Gasteiger partial charge in [0.15, 0.2) is 17.7 Å². The van der Waals surface area contributed by atoms with Crippen LogP contribution in [-0.2, 0) is 11.8 Å². The van der Waals surface area contributed by atoms with Gasteiger partial charge >= 0.3 is 0 Å². The summed E-state index contributed by atoms with van der Waals surface area (Å²) in [5.41, 5.74) is -0.858. The molecule has 5 N–H and O–H groups in total. The van der Waals surface area contributed by atoms with Crippen LogP contribution in [0, 0.1) is 0 Å². The molecule has 0 bridgehead atoms. The number of carbonyl (C=O) groups excluding carboxylic acids is 1. The molecule has 1 saturated heterocycles. The molecular weight excluding hydrogens is 342 g/mol. The molecule has 1 fully saturated rings. The molecule has 2 rings (SSSR count). The summed E-state index contributed by atoms with van der Waals surface area (Å²) in [5, 5.41) is 41.6. The maximum atomic E-state index is 12.2. The summed E-state index contributed by atoms with van der Waals surface area (Å²) >= 11 is 1.17. The second-order valence-corrected chi connectivity index (χ2v) is 6.01. The maximum absolute atomic E-state index is 12.2. The van der Waals surface area contributed by atoms with Gasteiger partial charge in [0.25, 0.3) is 5.56 Å². The third-order valence-electron chi connectivity index (χ3n) is 3.76. The minimum atomic E-state index is -1.58. The van der Waals surface area contributed by atoms with Crippen molar-refractivity contribution in [2.45, 2.75) is 35.8 Å². The Morgan fingerprint density at radius 1 is 1.33 bits per heavy atom. The van der Waals surface area contributed by atoms with E-state index < -0.39 is 42.8 Å². The molecule has 1 aromatic rings. The molecule has 1 aliphatic rings. The van der Waals surface area contributed by atoms with Crippen LogP contribution in [0.2, 0.25) is 0 Å². The van der Waals surface area contributed by atoms with Crippen molar-refractivity contribution in [2.24, 2.45) is 7.05 Å². The predicted octanol–water partition coefficient (Wildman–Crippen LogP) is -2.47. The lowest BCUT2D eigenvalue weighted by Crippen LogP contribution is -2.60. The van der Waals surface area contributed by atoms with E-state index in [2.05, 4.69) is 10.3 Å². The first-order valence-corrected chi connectivity index (χ1v) is 8.25. The van der Waals surface area contributed by atoms with E-state index in [0.717, 1.165) is 0 Å². The largest absolute Gasteiger partial charge is 0.394 e. The lowest BCUT2D eigenvalue weighted by atomic mass is 9.98. The molecule has 24 heavy (non-hydrogen) atoms. The highest BCUT2D eigenvalue weighted by Crippen LogP contribution is 2.23. The monoisotopic (exact) mass is 361 g/mol. The molecule has 0 radical (unpaired) electrons. The maximum Gasteiger partial charge on any atom is 0.266 e. The van der Waals surface area contributed by atoms with Crippen molar-refractivity contribution < 1.29 is 30.0 Å². The number of aliphatic hydroxyl groups excluding tert-OH is 4. The van der Waals surface area contributed by atoms with E-state index in [1.807, 2.05) is 0 Å². The highest BCUT2D eigenvalue weighted by molar-refractivity contribution is 7.98. The first-order chi connectivity index (χ1) is 11.3. The first-order valence-electron chi connectivity index (χ1n) is 7.03. The van der Waals surface area contributed by atoms with Gasteiger partial charge < -0.3 is 30.5 Å². The number of anilines is 1. The number of aliphatic hydroxyl groups is 4. The van der Waals surface area contributed by atoms with Crippen LogP contribution in [0.15, 0.2) is 9.95 Å². The summed E-state index contributed by atoms with van der Waals surface area (Å²) < 4.78 is 6.49. The second kappa shape index (κ2) is 7.59. The van der Waals surface area contributed by atoms with Gasteiger partial charge in [-0.05, 0) is 6.26 Å². The fourth-order valence-electron chi connectivity index (χ4n) is 2.35. The molecule has 0 aliphatic carbocycles. The van der Waals surface area contributed by atoms with Gasteiger partial charge in [-0.25, -0.2) is 4.98 Å². The Bertz CT molecular complexity index is 666. The number of aromatic nitrogens is 2. The van der Waals surface area contributed by atoms with Crippen LogP contribution in [0.3, 0.4) is 0 Å². The van der Waals surface area contributed by atoms with Crippen LogP contribution >= 0.6 is 11.8 Å². The van der Waals surface area contributed by atoms with E-state index in [-0.39, 0.29) is 11.4 Å². The van der Waals surface area contributed by atoms with E-state index in [0.29, 0.717) is 11.4 Å². The fourth-order valence-corrected chi connectivity index (χ4v) is 2.89. The lowest BCUT2D eigenvalue weighted by Gasteiger charge is -2.40. The SMILES string of the molecule is CSc1nc(NC2OC(CO)C(O)C(O)C2O)c(C=O)c(=O)n1C. The molecule has 1 aliphatic heterocycles. The summed E-state index contributed by atoms with van der Waals surface area (Å²) in [6.45, 7) is -0.594. The van der Waals surface area contributed by atoms with Crippen LogP contribution < -0.4 is 10.9 Å². The summed E-state index contributed by atoms with van der Waals surface area (Å²) in [5.74, 6) is -0.123. The topological polar surface area (TPSA) is 154 Å². The highest BCUT2D eigenvalue weighted by atomic mass is 32.2. The van der Waals surface area contributed by atoms with Crippen molar-refractivity contribution in [1.82, 2.24) is 9.55 Å². The molecule has 0 spiro atoms. The Labute approximate surface area is 141 Å². The number of aldehydes is 1. The minimum absolute atomic E-state index is 0.123. The lowest BCUT2D eigenvalue weighted by molar-refractivity contribution is -0.221. The van der Waals surface area contributed by atoms with E-state index in [9.17, 15) is 30.0 Å². The molecular formula is C13H19N3O7S. The van der Waals surface area contributed by atoms with Crippen LogP contribution in [-0.4, -0.2) is 79.8 Å². The number of nitrogens with zero attached hydrogens (tertiary/aromatic N) is 2. The third kappa shape index (κ3) is 3.31. The molecule has 5 atom stereocenters. The van der Waals surface area contributed by atoms with Crippen molar-refractivity contribution in [1.29, 1.82) is 0 Å². The molecule has 0 aromatic carbocycles. The average molecular weight is 361 g/mol. The predicted molar refractivity (Wildman–Crippen MR) is 84.0 cm³/mol. The Morgan fingerprint density at radius 2 is 2.00 bits per heavy atom. The molecule has 5 unspecified atom stereocenters. The summed E-state index contributed by atoms with van der Waals surface area (Å²) in [6, 6.07) is 0. The van der Waals surface area contributed by atoms with Crippen LogP contribution in [0.5, 0.6) is 0 Å². The van der Waals surface area contributed by atoms with E-state index >= 15 is 0 Å². The van der Waals surface area contributed by atoms with Crippen LogP contribution in [0.25, 0.3) is 0 Å². The zero-order valence-electron chi connectivity index (χ0n) is 13.0. The quantitative estimate of drug-likeness (QED) is 0.216. The van der Waals surface area contributed by atoms with Crippen molar-refractivity contribution in [3.63, 3.8) is 0 Å². The third-order valence-corrected chi connectivity index (χ3v) is 4.49. The van der Waals surface area contributed by atoms with E-state index in [4.69, 9.17) is 4.74 Å². The highest BCUT2D eigenvalue weighted by Gasteiger charge is 2.43. The Balaban J connectivity index is 2.38. The van der Waals surface area contributed by atoms with E-state index in [1.54, 1.807) is 6.26 Å². The Hall–Kier alpha value is -1.50. The minimum Gasteiger partial charge on any atom is -0.394 e. The number of carbonyl (C=O) groups is 1. The van der Waals surface area contributed by atoms with Gasteiger partial charge in [-0.15, -0.1) is 0 Å². The van der Waals surface area contributed by atoms with Gasteiger partial charge in [0.05, 0.1) is 6.61 Å². The molecule has 2 heterocycles. The van der Waals surface area contributed by atoms with E-state index in [1.165, 1.54) is 23.4 Å². The van der Waals surface area contributed by atoms with Gasteiger partial charge in [-0.1, -0.05) is 11.8 Å². The molecule has 11 heteroatoms. The van der Waals surface area contributed by atoms with Crippen molar-refractivity contribution in [3.05, 3.63) is 15.9 Å². The average Bonchev–Trinajstić information content (AvgIpc) is 2.58. The Kier molecular flexibility index (Phi) is 5.96. The zero-order valence-corrected chi connectivity index (χ0v) is 13.8. The van der Waals surface area contributed by atoms with Crippen molar-refractivity contribution in [3.8, 4) is 0 Å². The number of rotatable bonds is 5. The first kappa shape index (κ1) is 18.8. The van der Waals surface area contributed by atoms with Crippen LogP contribution in [0.1, 0.15) is 10.4 Å². The van der Waals surface area contributed by atoms with Gasteiger partial charge in [-0.2, -0.15) is 0 Å². The fraction of sp³-hybridized carbons (Fsp3) is 0.615. The normalized spacial score (nSPS) is 30.2. The number of nitrogens with one attached hydrogen (secondary N) is 1. The number of hydrogen-bond acceptors (Lipinski definition) is 10. The molecule has 134 valence electrons. The van der Waals surface area contributed by atoms with Gasteiger partial charge in [0.1, 0.15) is 35.8 Å². The second-order valence-electron chi connectivity index (χ2n) is 5.24. The van der Waals surface area contributed by atoms with Crippen molar-refractivity contribution >= 4 is 23.9 Å². The smallest absolute Gasteiger partial charge is 0.266 e. The number of thioether (sulfide) groups is 1. The van der Waals surface area contributed by atoms with Gasteiger partial charge in [0.2, 0.25) is 0 Å².